The van der Waals surface area contributed by atoms with Crippen LogP contribution in [0.1, 0.15) is 28.3 Å². The number of benzene rings is 4. The first-order valence-electron chi connectivity index (χ1n) is 12.3. The molecule has 1 unspecified atom stereocenters. The minimum atomic E-state index is -3.84. The summed E-state index contributed by atoms with van der Waals surface area (Å²) in [6.07, 6.45) is 2.07. The van der Waals surface area contributed by atoms with E-state index in [0.29, 0.717) is 17.6 Å². The zero-order valence-electron chi connectivity index (χ0n) is 20.9. The monoisotopic (exact) mass is 542 g/mol. The Kier molecular flexibility index (Phi) is 5.70. The summed E-state index contributed by atoms with van der Waals surface area (Å²) in [4.78, 5) is 0.451. The first-order chi connectivity index (χ1) is 18.2. The number of anilines is 1. The van der Waals surface area contributed by atoms with Crippen molar-refractivity contribution in [3.05, 3.63) is 126 Å². The van der Waals surface area contributed by atoms with Gasteiger partial charge in [-0.25, -0.2) is 20.8 Å². The lowest BCUT2D eigenvalue weighted by molar-refractivity contribution is 0.582. The fourth-order valence-electron chi connectivity index (χ4n) is 5.11. The van der Waals surface area contributed by atoms with Gasteiger partial charge in [-0.05, 0) is 73.5 Å². The van der Waals surface area contributed by atoms with Gasteiger partial charge in [0.1, 0.15) is 0 Å². The molecule has 192 valence electrons. The fourth-order valence-corrected chi connectivity index (χ4v) is 8.14. The van der Waals surface area contributed by atoms with Crippen LogP contribution < -0.4 is 4.31 Å². The van der Waals surface area contributed by atoms with E-state index in [0.717, 1.165) is 27.6 Å². The molecule has 0 aliphatic carbocycles. The van der Waals surface area contributed by atoms with Crippen LogP contribution in [-0.4, -0.2) is 20.8 Å². The molecule has 1 atom stereocenters. The number of hydrogen-bond donors (Lipinski definition) is 0. The smallest absolute Gasteiger partial charge is 0.258 e. The molecule has 6 rings (SSSR count). The summed E-state index contributed by atoms with van der Waals surface area (Å²) >= 11 is 0. The van der Waals surface area contributed by atoms with Gasteiger partial charge in [-0.1, -0.05) is 59.7 Å². The lowest BCUT2D eigenvalue weighted by atomic mass is 10.0. The Hall–Kier alpha value is -3.88. The van der Waals surface area contributed by atoms with E-state index in [1.807, 2.05) is 50.2 Å². The minimum Gasteiger partial charge on any atom is -0.258 e. The maximum Gasteiger partial charge on any atom is 0.268 e. The number of nitrogens with zero attached hydrogens (tertiary/aromatic N) is 2. The molecule has 2 heterocycles. The van der Waals surface area contributed by atoms with Gasteiger partial charge in [0, 0.05) is 18.0 Å². The molecule has 1 aliphatic heterocycles. The normalized spacial score (nSPS) is 15.6. The first kappa shape index (κ1) is 24.5. The summed E-state index contributed by atoms with van der Waals surface area (Å²) in [6, 6.07) is 28.0. The summed E-state index contributed by atoms with van der Waals surface area (Å²) in [5, 5.41) is 0.724. The molecule has 1 aliphatic rings. The van der Waals surface area contributed by atoms with Crippen LogP contribution >= 0.6 is 0 Å². The van der Waals surface area contributed by atoms with Crippen molar-refractivity contribution >= 4 is 36.6 Å². The van der Waals surface area contributed by atoms with Crippen LogP contribution in [-0.2, 0) is 26.5 Å². The average Bonchev–Trinajstić information content (AvgIpc) is 3.51. The molecule has 6 nitrogen and oxygen atoms in total. The molecule has 1 aromatic heterocycles. The van der Waals surface area contributed by atoms with Gasteiger partial charge in [0.05, 0.1) is 27.0 Å². The van der Waals surface area contributed by atoms with Crippen molar-refractivity contribution in [3.63, 3.8) is 0 Å². The summed E-state index contributed by atoms with van der Waals surface area (Å²) in [5.74, 6) is 0. The van der Waals surface area contributed by atoms with Crippen molar-refractivity contribution in [1.82, 2.24) is 3.97 Å². The summed E-state index contributed by atoms with van der Waals surface area (Å²) in [5.41, 5.74) is 4.92. The Bertz CT molecular complexity index is 1890. The highest BCUT2D eigenvalue weighted by molar-refractivity contribution is 7.93. The average molecular weight is 543 g/mol. The SMILES string of the molecule is Cc1ccc(S(=O)(=O)N2c3ccccc3CC2c2ccc3c(ccn3S(=O)(=O)c3ccc(C)cc3)c2)cc1. The molecule has 0 saturated carbocycles. The van der Waals surface area contributed by atoms with E-state index in [4.69, 9.17) is 0 Å². The van der Waals surface area contributed by atoms with Crippen molar-refractivity contribution in [2.75, 3.05) is 4.31 Å². The molecule has 0 saturated heterocycles. The highest BCUT2D eigenvalue weighted by Crippen LogP contribution is 2.44. The zero-order valence-corrected chi connectivity index (χ0v) is 22.6. The second kappa shape index (κ2) is 8.85. The van der Waals surface area contributed by atoms with Gasteiger partial charge >= 0.3 is 0 Å². The van der Waals surface area contributed by atoms with Gasteiger partial charge in [-0.15, -0.1) is 0 Å². The topological polar surface area (TPSA) is 76.5 Å². The molecule has 4 aromatic carbocycles. The standard InChI is InChI=1S/C30H26N2O4S2/c1-21-7-12-26(13-8-21)37(33,34)31-18-17-25-19-24(11-16-28(25)31)30-20-23-5-3-4-6-29(23)32(30)38(35,36)27-14-9-22(2)10-15-27/h3-19,30H,20H2,1-2H3. The van der Waals surface area contributed by atoms with Crippen LogP contribution in [0.5, 0.6) is 0 Å². The van der Waals surface area contributed by atoms with Crippen LogP contribution in [0.3, 0.4) is 0 Å². The highest BCUT2D eigenvalue weighted by atomic mass is 32.2. The largest absolute Gasteiger partial charge is 0.268 e. The Labute approximate surface area is 222 Å². The van der Waals surface area contributed by atoms with Crippen LogP contribution in [0.15, 0.2) is 113 Å². The second-order valence-electron chi connectivity index (χ2n) is 9.71. The molecule has 0 fully saturated rings. The van der Waals surface area contributed by atoms with E-state index < -0.39 is 26.1 Å². The van der Waals surface area contributed by atoms with E-state index in [1.54, 1.807) is 66.9 Å². The van der Waals surface area contributed by atoms with E-state index in [9.17, 15) is 16.8 Å². The second-order valence-corrected chi connectivity index (χ2v) is 13.3. The van der Waals surface area contributed by atoms with Crippen LogP contribution in [0.4, 0.5) is 5.69 Å². The number of aryl methyl sites for hydroxylation is 2. The fraction of sp³-hybridized carbons (Fsp3) is 0.133. The van der Waals surface area contributed by atoms with Crippen molar-refractivity contribution in [3.8, 4) is 0 Å². The molecule has 0 spiro atoms. The Morgan fingerprint density at radius 3 is 1.95 bits per heavy atom. The third kappa shape index (κ3) is 3.92. The van der Waals surface area contributed by atoms with Crippen molar-refractivity contribution in [2.24, 2.45) is 0 Å². The number of aromatic nitrogens is 1. The summed E-state index contributed by atoms with van der Waals surface area (Å²) in [7, 11) is -7.62. The molecule has 5 aromatic rings. The molecular formula is C30H26N2O4S2. The quantitative estimate of drug-likeness (QED) is 0.273. The van der Waals surface area contributed by atoms with Crippen molar-refractivity contribution in [1.29, 1.82) is 0 Å². The van der Waals surface area contributed by atoms with Gasteiger partial charge in [0.15, 0.2) is 0 Å². The van der Waals surface area contributed by atoms with E-state index >= 15 is 0 Å². The Balaban J connectivity index is 1.44. The van der Waals surface area contributed by atoms with Gasteiger partial charge in [-0.2, -0.15) is 0 Å². The maximum atomic E-state index is 13.9. The van der Waals surface area contributed by atoms with Gasteiger partial charge in [0.25, 0.3) is 20.0 Å². The van der Waals surface area contributed by atoms with Crippen molar-refractivity contribution in [2.45, 2.75) is 36.1 Å². The third-order valence-electron chi connectivity index (χ3n) is 7.14. The lowest BCUT2D eigenvalue weighted by Gasteiger charge is -2.27. The van der Waals surface area contributed by atoms with Gasteiger partial charge < -0.3 is 0 Å². The van der Waals surface area contributed by atoms with Crippen LogP contribution in [0.2, 0.25) is 0 Å². The molecule has 8 heteroatoms. The lowest BCUT2D eigenvalue weighted by Crippen LogP contribution is -2.32. The number of rotatable bonds is 5. The Morgan fingerprint density at radius 1 is 0.684 bits per heavy atom. The molecule has 0 amide bonds. The zero-order chi connectivity index (χ0) is 26.7. The summed E-state index contributed by atoms with van der Waals surface area (Å²) < 4.78 is 57.3. The van der Waals surface area contributed by atoms with E-state index in [1.165, 1.54) is 8.28 Å². The molecule has 0 bridgehead atoms. The highest BCUT2D eigenvalue weighted by Gasteiger charge is 2.39. The van der Waals surface area contributed by atoms with Crippen molar-refractivity contribution < 1.29 is 16.8 Å². The van der Waals surface area contributed by atoms with Crippen LogP contribution in [0.25, 0.3) is 10.9 Å². The molecule has 0 N–H and O–H groups in total. The molecule has 0 radical (unpaired) electrons. The van der Waals surface area contributed by atoms with E-state index in [2.05, 4.69) is 0 Å². The van der Waals surface area contributed by atoms with Crippen LogP contribution in [0, 0.1) is 13.8 Å². The Morgan fingerprint density at radius 2 is 1.29 bits per heavy atom. The number of fused-ring (bicyclic) bond motifs is 2. The maximum absolute atomic E-state index is 13.9. The number of sulfonamides is 1. The minimum absolute atomic E-state index is 0.214. The summed E-state index contributed by atoms with van der Waals surface area (Å²) in [6.45, 7) is 3.83. The predicted molar refractivity (Wildman–Crippen MR) is 149 cm³/mol. The first-order valence-corrected chi connectivity index (χ1v) is 15.2. The third-order valence-corrected chi connectivity index (χ3v) is 10.7. The van der Waals surface area contributed by atoms with Gasteiger partial charge in [0.2, 0.25) is 0 Å². The predicted octanol–water partition coefficient (Wildman–Crippen LogP) is 5.99. The van der Waals surface area contributed by atoms with Gasteiger partial charge in [-0.3, -0.25) is 4.31 Å². The molecule has 38 heavy (non-hydrogen) atoms. The van der Waals surface area contributed by atoms with E-state index in [-0.39, 0.29) is 9.79 Å². The number of para-hydroxylation sites is 1. The number of hydrogen-bond acceptors (Lipinski definition) is 4. The molecular weight excluding hydrogens is 516 g/mol.